The highest BCUT2D eigenvalue weighted by Gasteiger charge is 2.35. The third kappa shape index (κ3) is 2.85. The standard InChI is InChI=1S/C14H18N2OS/c1-4-14(5-2,10-15)13(17)16-11-8-6-7-9-12(11)18-3/h6-9H,4-5H2,1-3H3,(H,16,17). The number of nitrogens with one attached hydrogen (secondary N) is 1. The van der Waals surface area contributed by atoms with E-state index in [0.29, 0.717) is 12.8 Å². The molecule has 0 saturated heterocycles. The fourth-order valence-electron chi connectivity index (χ4n) is 1.77. The Morgan fingerprint density at radius 1 is 1.39 bits per heavy atom. The summed E-state index contributed by atoms with van der Waals surface area (Å²) < 4.78 is 0. The van der Waals surface area contributed by atoms with Crippen LogP contribution in [0.3, 0.4) is 0 Å². The molecule has 1 N–H and O–H groups in total. The van der Waals surface area contributed by atoms with Crippen molar-refractivity contribution in [3.8, 4) is 6.07 Å². The molecule has 0 aliphatic heterocycles. The molecular weight excluding hydrogens is 244 g/mol. The Bertz CT molecular complexity index is 461. The zero-order valence-corrected chi connectivity index (χ0v) is 11.8. The van der Waals surface area contributed by atoms with E-state index in [0.717, 1.165) is 10.6 Å². The summed E-state index contributed by atoms with van der Waals surface area (Å²) in [4.78, 5) is 13.3. The number of benzene rings is 1. The molecule has 0 aromatic heterocycles. The number of thioether (sulfide) groups is 1. The number of hydrogen-bond donors (Lipinski definition) is 1. The van der Waals surface area contributed by atoms with E-state index in [1.807, 2.05) is 44.4 Å². The smallest absolute Gasteiger partial charge is 0.244 e. The van der Waals surface area contributed by atoms with Crippen LogP contribution >= 0.6 is 11.8 Å². The minimum atomic E-state index is -0.925. The average molecular weight is 262 g/mol. The Morgan fingerprint density at radius 2 is 2.00 bits per heavy atom. The predicted molar refractivity (Wildman–Crippen MR) is 75.5 cm³/mol. The van der Waals surface area contributed by atoms with Gasteiger partial charge in [0.05, 0.1) is 11.8 Å². The number of amides is 1. The van der Waals surface area contributed by atoms with Gasteiger partial charge in [-0.15, -0.1) is 11.8 Å². The van der Waals surface area contributed by atoms with Crippen molar-refractivity contribution in [2.45, 2.75) is 31.6 Å². The fourth-order valence-corrected chi connectivity index (χ4v) is 2.32. The van der Waals surface area contributed by atoms with E-state index < -0.39 is 5.41 Å². The molecule has 0 spiro atoms. The maximum atomic E-state index is 12.3. The fraction of sp³-hybridized carbons (Fsp3) is 0.429. The molecule has 4 heteroatoms. The van der Waals surface area contributed by atoms with Gasteiger partial charge in [0.1, 0.15) is 5.41 Å². The Kier molecular flexibility index (Phi) is 5.24. The maximum Gasteiger partial charge on any atom is 0.244 e. The first kappa shape index (κ1) is 14.6. The van der Waals surface area contributed by atoms with Crippen LogP contribution in [0.2, 0.25) is 0 Å². The van der Waals surface area contributed by atoms with E-state index in [1.165, 1.54) is 0 Å². The molecule has 96 valence electrons. The molecule has 1 rings (SSSR count). The zero-order chi connectivity index (χ0) is 13.6. The second-order valence-corrected chi connectivity index (χ2v) is 4.90. The van der Waals surface area contributed by atoms with Crippen LogP contribution in [0, 0.1) is 16.7 Å². The van der Waals surface area contributed by atoms with Crippen molar-refractivity contribution in [3.05, 3.63) is 24.3 Å². The summed E-state index contributed by atoms with van der Waals surface area (Å²) >= 11 is 1.57. The lowest BCUT2D eigenvalue weighted by molar-refractivity contribution is -0.123. The van der Waals surface area contributed by atoms with Gasteiger partial charge in [-0.1, -0.05) is 26.0 Å². The van der Waals surface area contributed by atoms with Gasteiger partial charge < -0.3 is 5.32 Å². The van der Waals surface area contributed by atoms with Crippen LogP contribution < -0.4 is 5.32 Å². The van der Waals surface area contributed by atoms with Gasteiger partial charge in [0, 0.05) is 4.90 Å². The Morgan fingerprint density at radius 3 is 2.50 bits per heavy atom. The first-order valence-electron chi connectivity index (χ1n) is 5.99. The summed E-state index contributed by atoms with van der Waals surface area (Å²) in [5, 5.41) is 12.1. The summed E-state index contributed by atoms with van der Waals surface area (Å²) in [5.41, 5.74) is -0.151. The molecule has 0 saturated carbocycles. The number of carbonyl (C=O) groups excluding carboxylic acids is 1. The van der Waals surface area contributed by atoms with E-state index in [1.54, 1.807) is 11.8 Å². The first-order valence-corrected chi connectivity index (χ1v) is 7.21. The molecule has 1 aromatic carbocycles. The van der Waals surface area contributed by atoms with Crippen LogP contribution in [0.1, 0.15) is 26.7 Å². The van der Waals surface area contributed by atoms with Crippen molar-refractivity contribution in [2.75, 3.05) is 11.6 Å². The predicted octanol–water partition coefficient (Wildman–Crippen LogP) is 3.68. The van der Waals surface area contributed by atoms with Crippen molar-refractivity contribution in [3.63, 3.8) is 0 Å². The number of carbonyl (C=O) groups is 1. The molecule has 0 aliphatic carbocycles. The second kappa shape index (κ2) is 6.46. The Balaban J connectivity index is 2.97. The van der Waals surface area contributed by atoms with Gasteiger partial charge in [0.2, 0.25) is 5.91 Å². The quantitative estimate of drug-likeness (QED) is 0.824. The molecule has 0 atom stereocenters. The number of nitriles is 1. The van der Waals surface area contributed by atoms with Crippen LogP contribution in [0.4, 0.5) is 5.69 Å². The molecule has 18 heavy (non-hydrogen) atoms. The first-order chi connectivity index (χ1) is 8.63. The maximum absolute atomic E-state index is 12.3. The number of rotatable bonds is 5. The van der Waals surface area contributed by atoms with E-state index in [-0.39, 0.29) is 5.91 Å². The van der Waals surface area contributed by atoms with Crippen molar-refractivity contribution in [2.24, 2.45) is 5.41 Å². The lowest BCUT2D eigenvalue weighted by Crippen LogP contribution is -2.34. The van der Waals surface area contributed by atoms with E-state index >= 15 is 0 Å². The largest absolute Gasteiger partial charge is 0.324 e. The second-order valence-electron chi connectivity index (χ2n) is 4.06. The molecule has 1 amide bonds. The van der Waals surface area contributed by atoms with E-state index in [2.05, 4.69) is 11.4 Å². The number of hydrogen-bond acceptors (Lipinski definition) is 3. The summed E-state index contributed by atoms with van der Waals surface area (Å²) in [6.07, 6.45) is 3.00. The van der Waals surface area contributed by atoms with Crippen LogP contribution in [0.25, 0.3) is 0 Å². The lowest BCUT2D eigenvalue weighted by atomic mass is 9.83. The SMILES string of the molecule is CCC(C#N)(CC)C(=O)Nc1ccccc1SC. The lowest BCUT2D eigenvalue weighted by Gasteiger charge is -2.22. The average Bonchev–Trinajstić information content (AvgIpc) is 2.42. The molecule has 0 aliphatic rings. The topological polar surface area (TPSA) is 52.9 Å². The molecule has 0 unspecified atom stereocenters. The van der Waals surface area contributed by atoms with Crippen LogP contribution in [-0.2, 0) is 4.79 Å². The van der Waals surface area contributed by atoms with Gasteiger partial charge in [-0.05, 0) is 31.2 Å². The highest BCUT2D eigenvalue weighted by Crippen LogP contribution is 2.30. The Labute approximate surface area is 113 Å². The van der Waals surface area contributed by atoms with Crippen molar-refractivity contribution < 1.29 is 4.79 Å². The van der Waals surface area contributed by atoms with Gasteiger partial charge in [-0.3, -0.25) is 4.79 Å². The summed E-state index contributed by atoms with van der Waals surface area (Å²) in [5.74, 6) is -0.212. The zero-order valence-electron chi connectivity index (χ0n) is 11.0. The summed E-state index contributed by atoms with van der Waals surface area (Å²) in [6, 6.07) is 9.77. The summed E-state index contributed by atoms with van der Waals surface area (Å²) in [6.45, 7) is 3.74. The van der Waals surface area contributed by atoms with Crippen LogP contribution in [0.5, 0.6) is 0 Å². The molecule has 0 radical (unpaired) electrons. The van der Waals surface area contributed by atoms with Gasteiger partial charge in [-0.2, -0.15) is 5.26 Å². The monoisotopic (exact) mass is 262 g/mol. The van der Waals surface area contributed by atoms with Crippen molar-refractivity contribution >= 4 is 23.4 Å². The number of para-hydroxylation sites is 1. The highest BCUT2D eigenvalue weighted by atomic mass is 32.2. The van der Waals surface area contributed by atoms with Crippen molar-refractivity contribution in [1.82, 2.24) is 0 Å². The molecule has 0 fully saturated rings. The molecule has 0 heterocycles. The number of nitrogens with zero attached hydrogens (tertiary/aromatic N) is 1. The van der Waals surface area contributed by atoms with E-state index in [4.69, 9.17) is 0 Å². The van der Waals surface area contributed by atoms with Gasteiger partial charge in [-0.25, -0.2) is 0 Å². The molecular formula is C14H18N2OS. The highest BCUT2D eigenvalue weighted by molar-refractivity contribution is 7.98. The summed E-state index contributed by atoms with van der Waals surface area (Å²) in [7, 11) is 0. The number of anilines is 1. The molecule has 0 bridgehead atoms. The molecule has 1 aromatic rings. The van der Waals surface area contributed by atoms with Gasteiger partial charge >= 0.3 is 0 Å². The van der Waals surface area contributed by atoms with Crippen LogP contribution in [-0.4, -0.2) is 12.2 Å². The normalized spacial score (nSPS) is 10.8. The minimum Gasteiger partial charge on any atom is -0.324 e. The van der Waals surface area contributed by atoms with Gasteiger partial charge in [0.15, 0.2) is 0 Å². The Hall–Kier alpha value is -1.47. The van der Waals surface area contributed by atoms with Crippen molar-refractivity contribution in [1.29, 1.82) is 5.26 Å². The molecule has 3 nitrogen and oxygen atoms in total. The minimum absolute atomic E-state index is 0.212. The third-order valence-corrected chi connectivity index (χ3v) is 4.01. The van der Waals surface area contributed by atoms with E-state index in [9.17, 15) is 10.1 Å². The van der Waals surface area contributed by atoms with Crippen LogP contribution in [0.15, 0.2) is 29.2 Å². The van der Waals surface area contributed by atoms with Gasteiger partial charge in [0.25, 0.3) is 0 Å². The third-order valence-electron chi connectivity index (χ3n) is 3.21.